The lowest BCUT2D eigenvalue weighted by molar-refractivity contribution is 0.765. The first-order valence-electron chi connectivity index (χ1n) is 5.97. The molecule has 1 heterocycles. The molecule has 0 spiro atoms. The summed E-state index contributed by atoms with van der Waals surface area (Å²) in [4.78, 5) is 0. The molecular weight excluding hydrogens is 222 g/mol. The Labute approximate surface area is 106 Å². The molecule has 1 aromatic heterocycles. The van der Waals surface area contributed by atoms with Crippen LogP contribution < -0.4 is 5.73 Å². The molecule has 0 saturated heterocycles. The van der Waals surface area contributed by atoms with Gasteiger partial charge < -0.3 is 5.73 Å². The molecule has 1 atom stereocenters. The van der Waals surface area contributed by atoms with E-state index in [0.717, 1.165) is 11.1 Å². The van der Waals surface area contributed by atoms with Crippen LogP contribution in [0.25, 0.3) is 10.8 Å². The third-order valence-corrected chi connectivity index (χ3v) is 3.24. The van der Waals surface area contributed by atoms with Gasteiger partial charge in [-0.3, -0.25) is 4.68 Å². The van der Waals surface area contributed by atoms with Crippen LogP contribution in [0.15, 0.2) is 54.9 Å². The summed E-state index contributed by atoms with van der Waals surface area (Å²) >= 11 is 0. The molecule has 2 aromatic carbocycles. The number of nitrogens with two attached hydrogens (primary N) is 1. The van der Waals surface area contributed by atoms with Crippen molar-refractivity contribution in [2.24, 2.45) is 12.8 Å². The minimum Gasteiger partial charge on any atom is -0.320 e. The maximum atomic E-state index is 6.34. The van der Waals surface area contributed by atoms with Gasteiger partial charge in [-0.2, -0.15) is 5.10 Å². The Balaban J connectivity index is 2.14. The van der Waals surface area contributed by atoms with E-state index < -0.39 is 0 Å². The molecule has 0 amide bonds. The average Bonchev–Trinajstić information content (AvgIpc) is 2.84. The first kappa shape index (κ1) is 11.0. The van der Waals surface area contributed by atoms with E-state index >= 15 is 0 Å². The van der Waals surface area contributed by atoms with Gasteiger partial charge in [0.2, 0.25) is 0 Å². The smallest absolute Gasteiger partial charge is 0.0588 e. The first-order chi connectivity index (χ1) is 8.75. The molecule has 3 heteroatoms. The number of benzene rings is 2. The van der Waals surface area contributed by atoms with Gasteiger partial charge in [-0.25, -0.2) is 0 Å². The lowest BCUT2D eigenvalue weighted by atomic mass is 9.96. The fraction of sp³-hybridized carbons (Fsp3) is 0.133. The third-order valence-electron chi connectivity index (χ3n) is 3.24. The zero-order valence-corrected chi connectivity index (χ0v) is 10.2. The van der Waals surface area contributed by atoms with Crippen molar-refractivity contribution in [2.75, 3.05) is 0 Å². The molecule has 0 fully saturated rings. The lowest BCUT2D eigenvalue weighted by Gasteiger charge is -2.13. The predicted molar refractivity (Wildman–Crippen MR) is 73.2 cm³/mol. The highest BCUT2D eigenvalue weighted by Crippen LogP contribution is 2.26. The van der Waals surface area contributed by atoms with E-state index in [1.54, 1.807) is 4.68 Å². The summed E-state index contributed by atoms with van der Waals surface area (Å²) in [5, 5.41) is 6.60. The van der Waals surface area contributed by atoms with E-state index in [1.165, 1.54) is 10.8 Å². The third kappa shape index (κ3) is 1.79. The number of aromatic nitrogens is 2. The molecule has 18 heavy (non-hydrogen) atoms. The summed E-state index contributed by atoms with van der Waals surface area (Å²) in [5.41, 5.74) is 8.52. The van der Waals surface area contributed by atoms with E-state index in [1.807, 2.05) is 37.6 Å². The molecule has 3 aromatic rings. The van der Waals surface area contributed by atoms with E-state index in [-0.39, 0.29) is 6.04 Å². The molecule has 2 N–H and O–H groups in total. The van der Waals surface area contributed by atoms with Crippen LogP contribution in [-0.2, 0) is 7.05 Å². The van der Waals surface area contributed by atoms with Gasteiger partial charge in [-0.1, -0.05) is 42.5 Å². The number of aryl methyl sites for hydroxylation is 1. The van der Waals surface area contributed by atoms with Crippen LogP contribution in [0.3, 0.4) is 0 Å². The minimum atomic E-state index is -0.134. The summed E-state index contributed by atoms with van der Waals surface area (Å²) in [6.07, 6.45) is 3.79. The second-order valence-corrected chi connectivity index (χ2v) is 4.49. The molecule has 3 nitrogen and oxygen atoms in total. The van der Waals surface area contributed by atoms with E-state index in [2.05, 4.69) is 29.4 Å². The fourth-order valence-corrected chi connectivity index (χ4v) is 2.30. The van der Waals surface area contributed by atoms with Crippen LogP contribution in [0.2, 0.25) is 0 Å². The van der Waals surface area contributed by atoms with Crippen molar-refractivity contribution in [3.05, 3.63) is 66.0 Å². The molecule has 0 aliphatic heterocycles. The van der Waals surface area contributed by atoms with Gasteiger partial charge in [-0.05, 0) is 16.3 Å². The molecule has 0 saturated carbocycles. The summed E-state index contributed by atoms with van der Waals surface area (Å²) < 4.78 is 1.78. The standard InChI is InChI=1S/C15H15N3/c1-18-10-12(9-17-18)15(16)14-8-4-6-11-5-2-3-7-13(11)14/h2-10,15H,16H2,1H3. The Bertz CT molecular complexity index is 680. The highest BCUT2D eigenvalue weighted by atomic mass is 15.2. The molecule has 3 rings (SSSR count). The van der Waals surface area contributed by atoms with E-state index in [4.69, 9.17) is 5.73 Å². The van der Waals surface area contributed by atoms with Crippen LogP contribution in [-0.4, -0.2) is 9.78 Å². The molecule has 0 radical (unpaired) electrons. The molecule has 1 unspecified atom stereocenters. The average molecular weight is 237 g/mol. The maximum Gasteiger partial charge on any atom is 0.0588 e. The van der Waals surface area contributed by atoms with Crippen molar-refractivity contribution in [2.45, 2.75) is 6.04 Å². The first-order valence-corrected chi connectivity index (χ1v) is 5.97. The molecule has 0 bridgehead atoms. The van der Waals surface area contributed by atoms with Crippen molar-refractivity contribution in [3.63, 3.8) is 0 Å². The van der Waals surface area contributed by atoms with Gasteiger partial charge in [0.25, 0.3) is 0 Å². The Kier molecular flexibility index (Phi) is 2.61. The van der Waals surface area contributed by atoms with E-state index in [0.29, 0.717) is 0 Å². The van der Waals surface area contributed by atoms with Crippen LogP contribution >= 0.6 is 0 Å². The summed E-state index contributed by atoms with van der Waals surface area (Å²) in [5.74, 6) is 0. The minimum absolute atomic E-state index is 0.134. The van der Waals surface area contributed by atoms with Gasteiger partial charge in [0.15, 0.2) is 0 Å². The monoisotopic (exact) mass is 237 g/mol. The summed E-state index contributed by atoms with van der Waals surface area (Å²) in [7, 11) is 1.90. The highest BCUT2D eigenvalue weighted by molar-refractivity contribution is 5.86. The van der Waals surface area contributed by atoms with Crippen molar-refractivity contribution in [3.8, 4) is 0 Å². The molecule has 90 valence electrons. The molecular formula is C15H15N3. The quantitative estimate of drug-likeness (QED) is 0.744. The Morgan fingerprint density at radius 1 is 1.11 bits per heavy atom. The second kappa shape index (κ2) is 4.27. The van der Waals surface area contributed by atoms with Gasteiger partial charge >= 0.3 is 0 Å². The zero-order valence-electron chi connectivity index (χ0n) is 10.2. The molecule has 0 aliphatic carbocycles. The topological polar surface area (TPSA) is 43.8 Å². The summed E-state index contributed by atoms with van der Waals surface area (Å²) in [6, 6.07) is 14.4. The van der Waals surface area contributed by atoms with Crippen molar-refractivity contribution in [1.29, 1.82) is 0 Å². The maximum absolute atomic E-state index is 6.34. The Morgan fingerprint density at radius 3 is 2.67 bits per heavy atom. The Hall–Kier alpha value is -2.13. The SMILES string of the molecule is Cn1cc(C(N)c2cccc3ccccc23)cn1. The number of nitrogens with zero attached hydrogens (tertiary/aromatic N) is 2. The van der Waals surface area contributed by atoms with Gasteiger partial charge in [0.05, 0.1) is 12.2 Å². The van der Waals surface area contributed by atoms with Gasteiger partial charge in [0, 0.05) is 18.8 Å². The van der Waals surface area contributed by atoms with Crippen LogP contribution in [0.1, 0.15) is 17.2 Å². The normalized spacial score (nSPS) is 12.8. The highest BCUT2D eigenvalue weighted by Gasteiger charge is 2.13. The zero-order chi connectivity index (χ0) is 12.5. The second-order valence-electron chi connectivity index (χ2n) is 4.49. The molecule has 0 aliphatic rings. The van der Waals surface area contributed by atoms with Gasteiger partial charge in [-0.15, -0.1) is 0 Å². The Morgan fingerprint density at radius 2 is 1.89 bits per heavy atom. The van der Waals surface area contributed by atoms with Crippen LogP contribution in [0, 0.1) is 0 Å². The lowest BCUT2D eigenvalue weighted by Crippen LogP contribution is -2.11. The van der Waals surface area contributed by atoms with Crippen molar-refractivity contribution < 1.29 is 0 Å². The van der Waals surface area contributed by atoms with Crippen LogP contribution in [0.4, 0.5) is 0 Å². The number of rotatable bonds is 2. The van der Waals surface area contributed by atoms with Gasteiger partial charge in [0.1, 0.15) is 0 Å². The van der Waals surface area contributed by atoms with Crippen molar-refractivity contribution in [1.82, 2.24) is 9.78 Å². The van der Waals surface area contributed by atoms with Crippen molar-refractivity contribution >= 4 is 10.8 Å². The largest absolute Gasteiger partial charge is 0.320 e. The number of hydrogen-bond acceptors (Lipinski definition) is 2. The predicted octanol–water partition coefficient (Wildman–Crippen LogP) is 2.62. The number of hydrogen-bond donors (Lipinski definition) is 1. The summed E-state index contributed by atoms with van der Waals surface area (Å²) in [6.45, 7) is 0. The number of fused-ring (bicyclic) bond motifs is 1. The fourth-order valence-electron chi connectivity index (χ4n) is 2.30. The van der Waals surface area contributed by atoms with Crippen LogP contribution in [0.5, 0.6) is 0 Å². The van der Waals surface area contributed by atoms with E-state index in [9.17, 15) is 0 Å².